The van der Waals surface area contributed by atoms with Crippen molar-refractivity contribution in [2.45, 2.75) is 19.1 Å². The van der Waals surface area contributed by atoms with Gasteiger partial charge in [0, 0.05) is 13.6 Å². The molecule has 0 aliphatic carbocycles. The third-order valence-electron chi connectivity index (χ3n) is 4.82. The van der Waals surface area contributed by atoms with Crippen LogP contribution in [0.25, 0.3) is 0 Å². The third-order valence-corrected chi connectivity index (χ3v) is 4.82. The van der Waals surface area contributed by atoms with Crippen LogP contribution in [-0.2, 0) is 0 Å². The summed E-state index contributed by atoms with van der Waals surface area (Å²) < 4.78 is 30.2. The molecule has 0 aromatic heterocycles. The van der Waals surface area contributed by atoms with Crippen LogP contribution in [0.1, 0.15) is 18.5 Å². The molecule has 0 amide bonds. The number of ether oxygens (including phenoxy) is 3. The number of para-hydroxylation sites is 1. The first-order valence-electron chi connectivity index (χ1n) is 10.1. The number of methoxy groups -OCH3 is 2. The molecule has 0 fully saturated rings. The second-order valence-electron chi connectivity index (χ2n) is 7.29. The predicted octanol–water partition coefficient (Wildman–Crippen LogP) is 3.70. The van der Waals surface area contributed by atoms with E-state index in [1.165, 1.54) is 6.07 Å². The fraction of sp³-hybridized carbons (Fsp3) is 0.435. The summed E-state index contributed by atoms with van der Waals surface area (Å²) in [6.07, 6.45) is -0.244. The van der Waals surface area contributed by atoms with Gasteiger partial charge in [-0.1, -0.05) is 18.2 Å². The Morgan fingerprint density at radius 1 is 1.00 bits per heavy atom. The van der Waals surface area contributed by atoms with Gasteiger partial charge in [-0.05, 0) is 50.8 Å². The largest absolute Gasteiger partial charge is 0.493 e. The minimum absolute atomic E-state index is 0. The van der Waals surface area contributed by atoms with Gasteiger partial charge in [-0.25, -0.2) is 4.39 Å². The fourth-order valence-corrected chi connectivity index (χ4v) is 3.11. The Kier molecular flexibility index (Phi) is 12.1. The Morgan fingerprint density at radius 2 is 1.66 bits per heavy atom. The van der Waals surface area contributed by atoms with Crippen LogP contribution in [-0.4, -0.2) is 65.4 Å². The summed E-state index contributed by atoms with van der Waals surface area (Å²) in [7, 11) is 8.99. The zero-order chi connectivity index (χ0) is 22.8. The molecule has 178 valence electrons. The van der Waals surface area contributed by atoms with Gasteiger partial charge >= 0.3 is 0 Å². The number of hydrogen-bond acceptors (Lipinski definition) is 5. The Balaban J connectivity index is 0.00000512. The maximum atomic E-state index is 13.8. The molecule has 0 aliphatic rings. The average Bonchev–Trinajstić information content (AvgIpc) is 2.77. The molecule has 0 spiro atoms. The summed E-state index contributed by atoms with van der Waals surface area (Å²) in [6, 6.07) is 12.4. The first-order chi connectivity index (χ1) is 14.9. The van der Waals surface area contributed by atoms with Gasteiger partial charge < -0.3 is 29.7 Å². The molecule has 0 aliphatic heterocycles. The molecule has 0 radical (unpaired) electrons. The molecular formula is C23H34FIN4O3. The first kappa shape index (κ1) is 27.8. The highest BCUT2D eigenvalue weighted by atomic mass is 127. The van der Waals surface area contributed by atoms with Gasteiger partial charge in [0.1, 0.15) is 6.10 Å². The highest BCUT2D eigenvalue weighted by Gasteiger charge is 2.17. The Hall–Kier alpha value is -2.27. The summed E-state index contributed by atoms with van der Waals surface area (Å²) >= 11 is 0. The molecule has 0 bridgehead atoms. The monoisotopic (exact) mass is 560 g/mol. The fourth-order valence-electron chi connectivity index (χ4n) is 3.11. The molecule has 2 aromatic rings. The Bertz CT molecular complexity index is 867. The molecule has 2 rings (SSSR count). The SMILES string of the molecule is CN=C(NCC(C)Oc1ccccc1F)NCC(c1ccc(OC)c(OC)c1)N(C)C.I. The van der Waals surface area contributed by atoms with E-state index in [1.807, 2.05) is 39.2 Å². The number of halogens is 2. The zero-order valence-electron chi connectivity index (χ0n) is 19.5. The quantitative estimate of drug-likeness (QED) is 0.263. The molecule has 9 heteroatoms. The second-order valence-corrected chi connectivity index (χ2v) is 7.29. The topological polar surface area (TPSA) is 67.4 Å². The molecule has 32 heavy (non-hydrogen) atoms. The van der Waals surface area contributed by atoms with Crippen LogP contribution in [0.15, 0.2) is 47.5 Å². The molecule has 2 atom stereocenters. The van der Waals surface area contributed by atoms with Crippen molar-refractivity contribution in [1.82, 2.24) is 15.5 Å². The minimum Gasteiger partial charge on any atom is -0.493 e. The molecular weight excluding hydrogens is 526 g/mol. The van der Waals surface area contributed by atoms with Gasteiger partial charge in [-0.2, -0.15) is 0 Å². The van der Waals surface area contributed by atoms with Crippen LogP contribution in [0, 0.1) is 5.82 Å². The lowest BCUT2D eigenvalue weighted by molar-refractivity contribution is 0.213. The van der Waals surface area contributed by atoms with Crippen molar-refractivity contribution in [1.29, 1.82) is 0 Å². The predicted molar refractivity (Wildman–Crippen MR) is 137 cm³/mol. The van der Waals surface area contributed by atoms with Crippen molar-refractivity contribution in [3.63, 3.8) is 0 Å². The van der Waals surface area contributed by atoms with Gasteiger partial charge in [0.2, 0.25) is 0 Å². The molecule has 2 N–H and O–H groups in total. The number of aliphatic imine (C=N–C) groups is 1. The summed E-state index contributed by atoms with van der Waals surface area (Å²) in [5, 5.41) is 6.57. The van der Waals surface area contributed by atoms with Gasteiger partial charge in [0.05, 0.1) is 26.8 Å². The van der Waals surface area contributed by atoms with Crippen molar-refractivity contribution < 1.29 is 18.6 Å². The normalized spacial score (nSPS) is 13.1. The summed E-state index contributed by atoms with van der Waals surface area (Å²) in [6.45, 7) is 2.96. The van der Waals surface area contributed by atoms with E-state index in [1.54, 1.807) is 39.5 Å². The number of rotatable bonds is 10. The lowest BCUT2D eigenvalue weighted by Crippen LogP contribution is -2.44. The third kappa shape index (κ3) is 8.01. The first-order valence-corrected chi connectivity index (χ1v) is 10.1. The van der Waals surface area contributed by atoms with Crippen LogP contribution >= 0.6 is 24.0 Å². The molecule has 0 saturated carbocycles. The number of guanidine groups is 1. The van der Waals surface area contributed by atoms with Gasteiger partial charge in [-0.15, -0.1) is 24.0 Å². The second kappa shape index (κ2) is 14.0. The van der Waals surface area contributed by atoms with Crippen molar-refractivity contribution in [3.05, 3.63) is 53.8 Å². The smallest absolute Gasteiger partial charge is 0.191 e. The number of benzene rings is 2. The summed E-state index contributed by atoms with van der Waals surface area (Å²) in [5.74, 6) is 1.88. The van der Waals surface area contributed by atoms with Gasteiger partial charge in [-0.3, -0.25) is 4.99 Å². The molecule has 0 saturated heterocycles. The van der Waals surface area contributed by atoms with E-state index in [9.17, 15) is 4.39 Å². The van der Waals surface area contributed by atoms with E-state index < -0.39 is 0 Å². The lowest BCUT2D eigenvalue weighted by Gasteiger charge is -2.27. The molecule has 2 unspecified atom stereocenters. The molecule has 0 heterocycles. The summed E-state index contributed by atoms with van der Waals surface area (Å²) in [5.41, 5.74) is 1.09. The van der Waals surface area contributed by atoms with E-state index in [4.69, 9.17) is 14.2 Å². The summed E-state index contributed by atoms with van der Waals surface area (Å²) in [4.78, 5) is 6.39. The van der Waals surface area contributed by atoms with Crippen LogP contribution in [0.2, 0.25) is 0 Å². The number of hydrogen-bond donors (Lipinski definition) is 2. The van der Waals surface area contributed by atoms with Crippen LogP contribution < -0.4 is 24.8 Å². The van der Waals surface area contributed by atoms with Crippen LogP contribution in [0.4, 0.5) is 4.39 Å². The van der Waals surface area contributed by atoms with E-state index in [-0.39, 0.29) is 47.7 Å². The minimum atomic E-state index is -0.374. The van der Waals surface area contributed by atoms with E-state index in [2.05, 4.69) is 20.5 Å². The van der Waals surface area contributed by atoms with Crippen LogP contribution in [0.3, 0.4) is 0 Å². The van der Waals surface area contributed by atoms with Gasteiger partial charge in [0.25, 0.3) is 0 Å². The highest BCUT2D eigenvalue weighted by Crippen LogP contribution is 2.31. The van der Waals surface area contributed by atoms with Crippen molar-refractivity contribution in [2.24, 2.45) is 4.99 Å². The average molecular weight is 560 g/mol. The van der Waals surface area contributed by atoms with E-state index in [0.717, 1.165) is 5.56 Å². The van der Waals surface area contributed by atoms with Crippen molar-refractivity contribution >= 4 is 29.9 Å². The Labute approximate surface area is 207 Å². The lowest BCUT2D eigenvalue weighted by atomic mass is 10.1. The molecule has 7 nitrogen and oxygen atoms in total. The molecule has 2 aromatic carbocycles. The number of nitrogens with zero attached hydrogens (tertiary/aromatic N) is 2. The zero-order valence-corrected chi connectivity index (χ0v) is 21.8. The highest BCUT2D eigenvalue weighted by molar-refractivity contribution is 14.0. The number of nitrogens with one attached hydrogen (secondary N) is 2. The maximum Gasteiger partial charge on any atom is 0.191 e. The van der Waals surface area contributed by atoms with Crippen molar-refractivity contribution in [2.75, 3.05) is 48.5 Å². The van der Waals surface area contributed by atoms with E-state index >= 15 is 0 Å². The number of likely N-dealkylation sites (N-methyl/N-ethyl adjacent to an activating group) is 1. The Morgan fingerprint density at radius 3 is 2.25 bits per heavy atom. The van der Waals surface area contributed by atoms with Crippen molar-refractivity contribution in [3.8, 4) is 17.2 Å². The van der Waals surface area contributed by atoms with Gasteiger partial charge in [0.15, 0.2) is 29.0 Å². The maximum absolute atomic E-state index is 13.8. The standard InChI is InChI=1S/C23H33FN4O3.HI/c1-16(31-20-10-8-7-9-18(20)24)14-26-23(25-2)27-15-19(28(3)4)17-11-12-21(29-5)22(13-17)30-6;/h7-13,16,19H,14-15H2,1-6H3,(H2,25,26,27);1H. The van der Waals surface area contributed by atoms with E-state index in [0.29, 0.717) is 30.5 Å². The van der Waals surface area contributed by atoms with Crippen LogP contribution in [0.5, 0.6) is 17.2 Å².